The zero-order valence-electron chi connectivity index (χ0n) is 18.4. The highest BCUT2D eigenvalue weighted by Crippen LogP contribution is 2.38. The topological polar surface area (TPSA) is 93.0 Å². The average molecular weight is 478 g/mol. The van der Waals surface area contributed by atoms with Crippen LogP contribution in [0.5, 0.6) is 5.75 Å². The molecule has 1 fully saturated rings. The molecular weight excluding hydrogens is 458 g/mol. The Hall–Kier alpha value is -4.25. The van der Waals surface area contributed by atoms with Crippen molar-refractivity contribution in [2.75, 3.05) is 41.8 Å². The Kier molecular flexibility index (Phi) is 4.99. The summed E-state index contributed by atoms with van der Waals surface area (Å²) in [7, 11) is 0. The van der Waals surface area contributed by atoms with Gasteiger partial charge in [-0.1, -0.05) is 0 Å². The van der Waals surface area contributed by atoms with Crippen molar-refractivity contribution in [1.29, 1.82) is 0 Å². The number of amides is 1. The maximum Gasteiger partial charge on any atom is 0.482 e. The van der Waals surface area contributed by atoms with Crippen molar-refractivity contribution in [3.63, 3.8) is 0 Å². The predicted molar refractivity (Wildman–Crippen MR) is 125 cm³/mol. The van der Waals surface area contributed by atoms with Crippen LogP contribution in [0, 0.1) is 0 Å². The van der Waals surface area contributed by atoms with E-state index >= 15 is 0 Å². The minimum absolute atomic E-state index is 0.110. The first-order chi connectivity index (χ1) is 17.0. The third-order valence-corrected chi connectivity index (χ3v) is 5.91. The smallest absolute Gasteiger partial charge is 0.423 e. The van der Waals surface area contributed by atoms with Gasteiger partial charge in [-0.15, -0.1) is 0 Å². The Morgan fingerprint density at radius 2 is 1.89 bits per heavy atom. The fourth-order valence-corrected chi connectivity index (χ4v) is 4.12. The van der Waals surface area contributed by atoms with Gasteiger partial charge in [0.2, 0.25) is 0 Å². The second-order valence-electron chi connectivity index (χ2n) is 8.19. The quantitative estimate of drug-likeness (QED) is 0.460. The van der Waals surface area contributed by atoms with Crippen molar-refractivity contribution >= 4 is 34.4 Å². The highest BCUT2D eigenvalue weighted by molar-refractivity contribution is 5.99. The van der Waals surface area contributed by atoms with E-state index in [0.29, 0.717) is 22.7 Å². The lowest BCUT2D eigenvalue weighted by Crippen LogP contribution is -2.43. The SMILES string of the molecule is O=C1Nc2cc(-c3cn4ccnc4c(Nc4ccc(N5CCOCC5)cc4)n3)ccc2OC1(F)F. The summed E-state index contributed by atoms with van der Waals surface area (Å²) >= 11 is 0. The van der Waals surface area contributed by atoms with E-state index in [0.717, 1.165) is 37.7 Å². The fraction of sp³-hybridized carbons (Fsp3) is 0.208. The first-order valence-electron chi connectivity index (χ1n) is 11.0. The number of nitrogens with zero attached hydrogens (tertiary/aromatic N) is 4. The van der Waals surface area contributed by atoms with Gasteiger partial charge in [0.1, 0.15) is 0 Å². The van der Waals surface area contributed by atoms with Crippen molar-refractivity contribution in [1.82, 2.24) is 14.4 Å². The van der Waals surface area contributed by atoms with Crippen LogP contribution in [-0.2, 0) is 9.53 Å². The summed E-state index contributed by atoms with van der Waals surface area (Å²) in [6.45, 7) is 3.15. The second-order valence-corrected chi connectivity index (χ2v) is 8.19. The maximum atomic E-state index is 13.6. The summed E-state index contributed by atoms with van der Waals surface area (Å²) in [5.41, 5.74) is 3.90. The molecule has 2 aliphatic heterocycles. The first kappa shape index (κ1) is 21.3. The van der Waals surface area contributed by atoms with Crippen LogP contribution in [0.25, 0.3) is 16.9 Å². The second kappa shape index (κ2) is 8.20. The molecular formula is C24H20F2N6O3. The minimum Gasteiger partial charge on any atom is -0.423 e. The predicted octanol–water partition coefficient (Wildman–Crippen LogP) is 3.90. The van der Waals surface area contributed by atoms with Gasteiger partial charge in [0.25, 0.3) is 0 Å². The van der Waals surface area contributed by atoms with Crippen LogP contribution in [0.3, 0.4) is 0 Å². The van der Waals surface area contributed by atoms with Crippen LogP contribution in [0.1, 0.15) is 0 Å². The van der Waals surface area contributed by atoms with E-state index in [1.165, 1.54) is 6.07 Å². The third-order valence-electron chi connectivity index (χ3n) is 5.91. The Bertz CT molecular complexity index is 1420. The van der Waals surface area contributed by atoms with Crippen molar-refractivity contribution in [2.24, 2.45) is 0 Å². The molecule has 0 aliphatic carbocycles. The number of morpholine rings is 1. The van der Waals surface area contributed by atoms with E-state index < -0.39 is 12.0 Å². The number of rotatable bonds is 4. The molecule has 0 spiro atoms. The lowest BCUT2D eigenvalue weighted by Gasteiger charge is -2.28. The molecule has 9 nitrogen and oxygen atoms in total. The number of halogens is 2. The van der Waals surface area contributed by atoms with Crippen LogP contribution in [0.2, 0.25) is 0 Å². The van der Waals surface area contributed by atoms with Crippen LogP contribution in [0.15, 0.2) is 61.1 Å². The van der Waals surface area contributed by atoms with Gasteiger partial charge in [0.15, 0.2) is 17.2 Å². The zero-order valence-corrected chi connectivity index (χ0v) is 18.4. The molecule has 35 heavy (non-hydrogen) atoms. The minimum atomic E-state index is -3.91. The first-order valence-corrected chi connectivity index (χ1v) is 11.0. The lowest BCUT2D eigenvalue weighted by molar-refractivity contribution is -0.189. The molecule has 1 saturated heterocycles. The molecule has 2 aliphatic rings. The number of imidazole rings is 1. The molecule has 1 amide bonds. The van der Waals surface area contributed by atoms with Crippen LogP contribution in [-0.4, -0.2) is 52.7 Å². The Morgan fingerprint density at radius 1 is 1.09 bits per heavy atom. The van der Waals surface area contributed by atoms with Crippen molar-refractivity contribution in [3.8, 4) is 17.0 Å². The van der Waals surface area contributed by atoms with Gasteiger partial charge in [-0.2, -0.15) is 8.78 Å². The number of alkyl halides is 2. The van der Waals surface area contributed by atoms with E-state index in [-0.39, 0.29) is 11.4 Å². The molecule has 0 unspecified atom stereocenters. The van der Waals surface area contributed by atoms with Gasteiger partial charge < -0.3 is 29.4 Å². The molecule has 2 aromatic carbocycles. The number of hydrogen-bond acceptors (Lipinski definition) is 7. The molecule has 4 heterocycles. The van der Waals surface area contributed by atoms with Gasteiger partial charge in [-0.3, -0.25) is 4.79 Å². The zero-order chi connectivity index (χ0) is 24.0. The van der Waals surface area contributed by atoms with Crippen molar-refractivity contribution < 1.29 is 23.0 Å². The van der Waals surface area contributed by atoms with Crippen molar-refractivity contribution in [2.45, 2.75) is 6.11 Å². The Labute approximate surface area is 198 Å². The average Bonchev–Trinajstić information content (AvgIpc) is 3.35. The molecule has 0 bridgehead atoms. The van der Waals surface area contributed by atoms with Crippen LogP contribution in [0.4, 0.5) is 31.7 Å². The van der Waals surface area contributed by atoms with Gasteiger partial charge in [-0.05, 0) is 42.5 Å². The van der Waals surface area contributed by atoms with Crippen LogP contribution < -0.4 is 20.3 Å². The normalized spacial score (nSPS) is 17.0. The molecule has 178 valence electrons. The summed E-state index contributed by atoms with van der Waals surface area (Å²) in [5, 5.41) is 5.51. The number of carbonyl (C=O) groups is 1. The Morgan fingerprint density at radius 3 is 2.69 bits per heavy atom. The van der Waals surface area contributed by atoms with E-state index in [2.05, 4.69) is 25.3 Å². The molecule has 2 aromatic heterocycles. The number of benzene rings is 2. The number of hydrogen-bond donors (Lipinski definition) is 2. The summed E-state index contributed by atoms with van der Waals surface area (Å²) in [5.74, 6) is -1.10. The number of fused-ring (bicyclic) bond motifs is 2. The summed E-state index contributed by atoms with van der Waals surface area (Å²) < 4.78 is 38.9. The summed E-state index contributed by atoms with van der Waals surface area (Å²) in [6, 6.07) is 12.6. The molecule has 0 radical (unpaired) electrons. The summed E-state index contributed by atoms with van der Waals surface area (Å²) in [4.78, 5) is 23.0. The van der Waals surface area contributed by atoms with Gasteiger partial charge in [-0.25, -0.2) is 9.97 Å². The monoisotopic (exact) mass is 478 g/mol. The standard InChI is InChI=1S/C24H20F2N6O3/c25-24(26)23(33)30-18-13-15(1-6-20(18)35-24)19-14-32-8-7-27-22(32)21(29-19)28-16-2-4-17(5-3-16)31-9-11-34-12-10-31/h1-8,13-14H,9-12H2,(H,28,29)(H,30,33). The number of aromatic nitrogens is 3. The van der Waals surface area contributed by atoms with Gasteiger partial charge >= 0.3 is 12.0 Å². The van der Waals surface area contributed by atoms with E-state index in [9.17, 15) is 13.6 Å². The number of anilines is 4. The molecule has 11 heteroatoms. The van der Waals surface area contributed by atoms with E-state index in [4.69, 9.17) is 9.72 Å². The van der Waals surface area contributed by atoms with Gasteiger partial charge in [0, 0.05) is 48.6 Å². The molecule has 0 atom stereocenters. The van der Waals surface area contributed by atoms with Crippen LogP contribution >= 0.6 is 0 Å². The number of ether oxygens (including phenoxy) is 2. The van der Waals surface area contributed by atoms with Gasteiger partial charge in [0.05, 0.1) is 24.6 Å². The number of nitrogens with one attached hydrogen (secondary N) is 2. The maximum absolute atomic E-state index is 13.6. The summed E-state index contributed by atoms with van der Waals surface area (Å²) in [6.07, 6.45) is 1.32. The molecule has 0 saturated carbocycles. The van der Waals surface area contributed by atoms with Crippen molar-refractivity contribution in [3.05, 3.63) is 61.1 Å². The molecule has 6 rings (SSSR count). The Balaban J connectivity index is 1.31. The highest BCUT2D eigenvalue weighted by Gasteiger charge is 2.46. The fourth-order valence-electron chi connectivity index (χ4n) is 4.12. The third kappa shape index (κ3) is 3.99. The van der Waals surface area contributed by atoms with E-state index in [1.807, 2.05) is 28.7 Å². The highest BCUT2D eigenvalue weighted by atomic mass is 19.3. The molecule has 4 aromatic rings. The molecule has 2 N–H and O–H groups in total. The largest absolute Gasteiger partial charge is 0.482 e. The lowest BCUT2D eigenvalue weighted by atomic mass is 10.1. The number of carbonyl (C=O) groups excluding carboxylic acids is 1. The van der Waals surface area contributed by atoms with E-state index in [1.54, 1.807) is 30.7 Å².